The van der Waals surface area contributed by atoms with Gasteiger partial charge < -0.3 is 4.74 Å². The molecule has 0 unspecified atom stereocenters. The molecule has 0 aliphatic carbocycles. The summed E-state index contributed by atoms with van der Waals surface area (Å²) in [7, 11) is 0. The van der Waals surface area contributed by atoms with Crippen LogP contribution in [0.3, 0.4) is 0 Å². The molecule has 13 heavy (non-hydrogen) atoms. The predicted molar refractivity (Wildman–Crippen MR) is 47.0 cm³/mol. The molecule has 1 aliphatic rings. The van der Waals surface area contributed by atoms with Crippen molar-refractivity contribution in [1.29, 1.82) is 0 Å². The molecule has 0 aromatic rings. The quantitative estimate of drug-likeness (QED) is 0.359. The minimum atomic E-state index is -0.472. The lowest BCUT2D eigenvalue weighted by Crippen LogP contribution is -2.43. The molecule has 0 atom stereocenters. The molecule has 1 aliphatic heterocycles. The fourth-order valence-electron chi connectivity index (χ4n) is 1.15. The number of ether oxygens (including phenoxy) is 1. The number of carbonyl (C=O) groups is 2. The minimum Gasteiger partial charge on any atom is -0.391 e. The van der Waals surface area contributed by atoms with Gasteiger partial charge in [0.25, 0.3) is 0 Å². The Hall–Kier alpha value is -1.16. The standard InChI is InChI=1S/C9H13NO3/c1-3-7(2)4-10-5-8(11)13-9(12)6-10/h2-6H2,1H3. The second-order valence-electron chi connectivity index (χ2n) is 3.09. The predicted octanol–water partition coefficient (Wildman–Crippen LogP) is 0.338. The zero-order valence-corrected chi connectivity index (χ0v) is 7.71. The summed E-state index contributed by atoms with van der Waals surface area (Å²) in [5.74, 6) is -0.944. The summed E-state index contributed by atoms with van der Waals surface area (Å²) in [4.78, 5) is 23.4. The topological polar surface area (TPSA) is 46.6 Å². The van der Waals surface area contributed by atoms with Gasteiger partial charge in [-0.25, -0.2) is 0 Å². The van der Waals surface area contributed by atoms with Crippen molar-refractivity contribution in [3.05, 3.63) is 12.2 Å². The van der Waals surface area contributed by atoms with Crippen molar-refractivity contribution >= 4 is 11.9 Å². The normalized spacial score (nSPS) is 18.5. The number of morpholine rings is 1. The van der Waals surface area contributed by atoms with Gasteiger partial charge in [-0.3, -0.25) is 14.5 Å². The van der Waals surface area contributed by atoms with Gasteiger partial charge in [-0.1, -0.05) is 19.1 Å². The van der Waals surface area contributed by atoms with E-state index in [9.17, 15) is 9.59 Å². The van der Waals surface area contributed by atoms with Crippen LogP contribution in [0.25, 0.3) is 0 Å². The largest absolute Gasteiger partial charge is 0.391 e. The number of cyclic esters (lactones) is 2. The molecule has 4 heteroatoms. The number of hydrogen-bond donors (Lipinski definition) is 0. The maximum absolute atomic E-state index is 10.8. The van der Waals surface area contributed by atoms with Crippen LogP contribution in [0.5, 0.6) is 0 Å². The van der Waals surface area contributed by atoms with Gasteiger partial charge in [0.15, 0.2) is 0 Å². The molecule has 1 fully saturated rings. The summed E-state index contributed by atoms with van der Waals surface area (Å²) in [6, 6.07) is 0. The summed E-state index contributed by atoms with van der Waals surface area (Å²) < 4.78 is 4.38. The van der Waals surface area contributed by atoms with Gasteiger partial charge in [-0.15, -0.1) is 0 Å². The molecule has 0 amide bonds. The molecule has 4 nitrogen and oxygen atoms in total. The molecule has 0 saturated carbocycles. The van der Waals surface area contributed by atoms with E-state index < -0.39 is 11.9 Å². The number of esters is 2. The fraction of sp³-hybridized carbons (Fsp3) is 0.556. The van der Waals surface area contributed by atoms with Gasteiger partial charge in [0.05, 0.1) is 13.1 Å². The second-order valence-corrected chi connectivity index (χ2v) is 3.09. The fourth-order valence-corrected chi connectivity index (χ4v) is 1.15. The summed E-state index contributed by atoms with van der Waals surface area (Å²) in [6.45, 7) is 6.77. The van der Waals surface area contributed by atoms with Crippen LogP contribution in [0.15, 0.2) is 12.2 Å². The smallest absolute Gasteiger partial charge is 0.327 e. The Labute approximate surface area is 77.2 Å². The highest BCUT2D eigenvalue weighted by Crippen LogP contribution is 2.05. The Bertz CT molecular complexity index is 231. The highest BCUT2D eigenvalue weighted by atomic mass is 16.6. The molecule has 1 saturated heterocycles. The summed E-state index contributed by atoms with van der Waals surface area (Å²) in [5, 5.41) is 0. The molecule has 1 rings (SSSR count). The van der Waals surface area contributed by atoms with Gasteiger partial charge in [0, 0.05) is 6.54 Å². The van der Waals surface area contributed by atoms with Gasteiger partial charge in [0.1, 0.15) is 0 Å². The van der Waals surface area contributed by atoms with Gasteiger partial charge in [0.2, 0.25) is 0 Å². The van der Waals surface area contributed by atoms with Gasteiger partial charge in [-0.2, -0.15) is 0 Å². The molecule has 0 aromatic carbocycles. The van der Waals surface area contributed by atoms with Crippen molar-refractivity contribution < 1.29 is 14.3 Å². The summed E-state index contributed by atoms with van der Waals surface area (Å²) in [6.07, 6.45) is 0.861. The number of hydrogen-bond acceptors (Lipinski definition) is 4. The number of nitrogens with zero attached hydrogens (tertiary/aromatic N) is 1. The van der Waals surface area contributed by atoms with Crippen LogP contribution >= 0.6 is 0 Å². The zero-order chi connectivity index (χ0) is 9.84. The van der Waals surface area contributed by atoms with E-state index in [4.69, 9.17) is 0 Å². The average molecular weight is 183 g/mol. The number of rotatable bonds is 3. The van der Waals surface area contributed by atoms with E-state index in [1.165, 1.54) is 0 Å². The summed E-state index contributed by atoms with van der Waals surface area (Å²) >= 11 is 0. The lowest BCUT2D eigenvalue weighted by atomic mass is 10.2. The Kier molecular flexibility index (Phi) is 3.19. The SMILES string of the molecule is C=C(CC)CN1CC(=O)OC(=O)C1. The third-order valence-electron chi connectivity index (χ3n) is 1.88. The third-order valence-corrected chi connectivity index (χ3v) is 1.88. The maximum Gasteiger partial charge on any atom is 0.327 e. The number of carbonyl (C=O) groups excluding carboxylic acids is 2. The molecular weight excluding hydrogens is 170 g/mol. The molecule has 72 valence electrons. The molecule has 0 aromatic heterocycles. The Morgan fingerprint density at radius 2 is 2.00 bits per heavy atom. The van der Waals surface area contributed by atoms with Crippen molar-refractivity contribution in [2.75, 3.05) is 19.6 Å². The van der Waals surface area contributed by atoms with E-state index in [-0.39, 0.29) is 13.1 Å². The van der Waals surface area contributed by atoms with Crippen LogP contribution in [0, 0.1) is 0 Å². The van der Waals surface area contributed by atoms with E-state index in [2.05, 4.69) is 11.3 Å². The lowest BCUT2D eigenvalue weighted by molar-refractivity contribution is -0.166. The first-order valence-corrected chi connectivity index (χ1v) is 4.24. The Balaban J connectivity index is 2.46. The van der Waals surface area contributed by atoms with Crippen molar-refractivity contribution in [2.24, 2.45) is 0 Å². The minimum absolute atomic E-state index is 0.185. The molecule has 1 heterocycles. The van der Waals surface area contributed by atoms with Crippen LogP contribution in [-0.2, 0) is 14.3 Å². The summed E-state index contributed by atoms with van der Waals surface area (Å²) in [5.41, 5.74) is 1.02. The van der Waals surface area contributed by atoms with Gasteiger partial charge >= 0.3 is 11.9 Å². The van der Waals surface area contributed by atoms with Crippen LogP contribution in [0.2, 0.25) is 0 Å². The molecule has 0 bridgehead atoms. The van der Waals surface area contributed by atoms with Crippen molar-refractivity contribution in [2.45, 2.75) is 13.3 Å². The molecular formula is C9H13NO3. The first kappa shape index (κ1) is 9.92. The van der Waals surface area contributed by atoms with E-state index in [1.807, 2.05) is 6.92 Å². The third kappa shape index (κ3) is 2.99. The van der Waals surface area contributed by atoms with E-state index >= 15 is 0 Å². The molecule has 0 radical (unpaired) electrons. The van der Waals surface area contributed by atoms with Gasteiger partial charge in [-0.05, 0) is 6.42 Å². The second kappa shape index (κ2) is 4.18. The first-order valence-electron chi connectivity index (χ1n) is 4.24. The highest BCUT2D eigenvalue weighted by molar-refractivity contribution is 5.90. The molecule has 0 N–H and O–H groups in total. The Morgan fingerprint density at radius 1 is 1.46 bits per heavy atom. The van der Waals surface area contributed by atoms with Crippen molar-refractivity contribution in [1.82, 2.24) is 4.90 Å². The van der Waals surface area contributed by atoms with E-state index in [1.54, 1.807) is 4.90 Å². The van der Waals surface area contributed by atoms with Crippen molar-refractivity contribution in [3.8, 4) is 0 Å². The first-order chi connectivity index (χ1) is 6.11. The van der Waals surface area contributed by atoms with Crippen LogP contribution < -0.4 is 0 Å². The monoisotopic (exact) mass is 183 g/mol. The van der Waals surface area contributed by atoms with Crippen molar-refractivity contribution in [3.63, 3.8) is 0 Å². The highest BCUT2D eigenvalue weighted by Gasteiger charge is 2.24. The van der Waals surface area contributed by atoms with Crippen LogP contribution in [0.1, 0.15) is 13.3 Å². The zero-order valence-electron chi connectivity index (χ0n) is 7.71. The lowest BCUT2D eigenvalue weighted by Gasteiger charge is -2.24. The van der Waals surface area contributed by atoms with Crippen LogP contribution in [-0.4, -0.2) is 36.5 Å². The van der Waals surface area contributed by atoms with E-state index in [0.717, 1.165) is 12.0 Å². The van der Waals surface area contributed by atoms with E-state index in [0.29, 0.717) is 6.54 Å². The van der Waals surface area contributed by atoms with Crippen LogP contribution in [0.4, 0.5) is 0 Å². The average Bonchev–Trinajstić information content (AvgIpc) is 2.02. The molecule has 0 spiro atoms. The maximum atomic E-state index is 10.8. The Morgan fingerprint density at radius 3 is 2.46 bits per heavy atom.